The Kier molecular flexibility index (Phi) is 4.24. The quantitative estimate of drug-likeness (QED) is 0.736. The molecule has 1 amide bonds. The lowest BCUT2D eigenvalue weighted by atomic mass is 9.82. The highest BCUT2D eigenvalue weighted by Gasteiger charge is 2.52. The number of hydrogen-bond donors (Lipinski definition) is 0. The summed E-state index contributed by atoms with van der Waals surface area (Å²) in [5, 5.41) is 4.27. The van der Waals surface area contributed by atoms with Crippen molar-refractivity contribution in [3.63, 3.8) is 0 Å². The summed E-state index contributed by atoms with van der Waals surface area (Å²) in [4.78, 5) is 14.1. The molecule has 126 valence electrons. The Bertz CT molecular complexity index is 565. The van der Waals surface area contributed by atoms with Gasteiger partial charge in [-0.25, -0.2) is 0 Å². The molecule has 1 aromatic rings. The van der Waals surface area contributed by atoms with E-state index < -0.39 is 7.12 Å². The highest BCUT2D eigenvalue weighted by atomic mass is 16.7. The summed E-state index contributed by atoms with van der Waals surface area (Å²) in [7, 11) is -0.452. The van der Waals surface area contributed by atoms with Gasteiger partial charge < -0.3 is 18.9 Å². The first-order valence-electron chi connectivity index (χ1n) is 8.02. The number of morpholine rings is 1. The molecule has 2 aliphatic heterocycles. The van der Waals surface area contributed by atoms with E-state index in [2.05, 4.69) is 5.10 Å². The van der Waals surface area contributed by atoms with Crippen LogP contribution in [0.3, 0.4) is 0 Å². The van der Waals surface area contributed by atoms with E-state index >= 15 is 0 Å². The van der Waals surface area contributed by atoms with Gasteiger partial charge in [-0.1, -0.05) is 0 Å². The minimum absolute atomic E-state index is 0.0527. The lowest BCUT2D eigenvalue weighted by Crippen LogP contribution is -2.42. The number of nitrogens with zero attached hydrogens (tertiary/aromatic N) is 3. The summed E-state index contributed by atoms with van der Waals surface area (Å²) in [5.74, 6) is 0.0527. The molecule has 1 aromatic heterocycles. The maximum absolute atomic E-state index is 12.3. The highest BCUT2D eigenvalue weighted by molar-refractivity contribution is 6.62. The minimum atomic E-state index is -0.452. The van der Waals surface area contributed by atoms with Crippen LogP contribution in [0.25, 0.3) is 0 Å². The van der Waals surface area contributed by atoms with Crippen molar-refractivity contribution >= 4 is 18.5 Å². The van der Waals surface area contributed by atoms with Gasteiger partial charge in [0.15, 0.2) is 0 Å². The van der Waals surface area contributed by atoms with Gasteiger partial charge in [0.2, 0.25) is 5.91 Å². The summed E-state index contributed by atoms with van der Waals surface area (Å²) in [6, 6.07) is 0. The molecule has 0 radical (unpaired) electrons. The summed E-state index contributed by atoms with van der Waals surface area (Å²) in [6.45, 7) is 10.8. The maximum atomic E-state index is 12.3. The lowest BCUT2D eigenvalue weighted by molar-refractivity contribution is -0.136. The molecule has 0 spiro atoms. The van der Waals surface area contributed by atoms with Crippen LogP contribution in [-0.2, 0) is 25.4 Å². The van der Waals surface area contributed by atoms with Gasteiger partial charge in [-0.2, -0.15) is 5.10 Å². The number of aromatic nitrogens is 2. The molecule has 8 heteroatoms. The molecule has 7 nitrogen and oxygen atoms in total. The van der Waals surface area contributed by atoms with Gasteiger partial charge in [0, 0.05) is 30.9 Å². The molecule has 0 aliphatic carbocycles. The van der Waals surface area contributed by atoms with Crippen LogP contribution in [-0.4, -0.2) is 65.2 Å². The number of carbonyl (C=O) groups excluding carboxylic acids is 1. The predicted molar refractivity (Wildman–Crippen MR) is 85.3 cm³/mol. The van der Waals surface area contributed by atoms with Gasteiger partial charge in [-0.05, 0) is 27.7 Å². The number of ether oxygens (including phenoxy) is 1. The molecular formula is C15H24BN3O4. The van der Waals surface area contributed by atoms with Crippen molar-refractivity contribution in [1.82, 2.24) is 14.7 Å². The topological polar surface area (TPSA) is 65.8 Å². The standard InChI is InChI=1S/C15H24BN3O4/c1-14(2)15(3,4)23-16(22-14)12-9-17-19(10-12)11-13(20)18-5-7-21-8-6-18/h9-10H,5-8,11H2,1-4H3. The van der Waals surface area contributed by atoms with Crippen LogP contribution in [0.1, 0.15) is 27.7 Å². The summed E-state index contributed by atoms with van der Waals surface area (Å²) in [6.07, 6.45) is 3.52. The van der Waals surface area contributed by atoms with Crippen molar-refractivity contribution in [2.75, 3.05) is 26.3 Å². The zero-order valence-corrected chi connectivity index (χ0v) is 14.2. The van der Waals surface area contributed by atoms with E-state index in [4.69, 9.17) is 14.0 Å². The van der Waals surface area contributed by atoms with Crippen LogP contribution in [0.15, 0.2) is 12.4 Å². The van der Waals surface area contributed by atoms with Crippen molar-refractivity contribution in [2.45, 2.75) is 45.4 Å². The van der Waals surface area contributed by atoms with Crippen LogP contribution >= 0.6 is 0 Å². The number of hydrogen-bond acceptors (Lipinski definition) is 5. The van der Waals surface area contributed by atoms with Gasteiger partial charge in [0.1, 0.15) is 6.54 Å². The molecular weight excluding hydrogens is 297 g/mol. The molecule has 2 aliphatic rings. The summed E-state index contributed by atoms with van der Waals surface area (Å²) >= 11 is 0. The first kappa shape index (κ1) is 16.5. The van der Waals surface area contributed by atoms with E-state index in [1.807, 2.05) is 33.9 Å². The fourth-order valence-corrected chi connectivity index (χ4v) is 2.62. The fraction of sp³-hybridized carbons (Fsp3) is 0.733. The van der Waals surface area contributed by atoms with Crippen molar-refractivity contribution in [2.24, 2.45) is 0 Å². The van der Waals surface area contributed by atoms with Crippen LogP contribution in [0.4, 0.5) is 0 Å². The molecule has 3 rings (SSSR count). The molecule has 2 saturated heterocycles. The molecule has 0 saturated carbocycles. The molecule has 0 bridgehead atoms. The van der Waals surface area contributed by atoms with Crippen LogP contribution in [0, 0.1) is 0 Å². The molecule has 3 heterocycles. The number of amides is 1. The van der Waals surface area contributed by atoms with E-state index in [0.29, 0.717) is 26.3 Å². The maximum Gasteiger partial charge on any atom is 0.498 e. The predicted octanol–water partition coefficient (Wildman–Crippen LogP) is 0.0411. The van der Waals surface area contributed by atoms with Crippen LogP contribution in [0.2, 0.25) is 0 Å². The van der Waals surface area contributed by atoms with Gasteiger partial charge >= 0.3 is 7.12 Å². The molecule has 0 atom stereocenters. The van der Waals surface area contributed by atoms with Gasteiger partial charge in [-0.3, -0.25) is 9.48 Å². The van der Waals surface area contributed by atoms with Crippen molar-refractivity contribution in [1.29, 1.82) is 0 Å². The normalized spacial score (nSPS) is 23.3. The lowest BCUT2D eigenvalue weighted by Gasteiger charge is -2.32. The Labute approximate surface area is 137 Å². The first-order valence-corrected chi connectivity index (χ1v) is 8.02. The Morgan fingerprint density at radius 1 is 1.22 bits per heavy atom. The average Bonchev–Trinajstić information content (AvgIpc) is 3.03. The highest BCUT2D eigenvalue weighted by Crippen LogP contribution is 2.36. The Balaban J connectivity index is 1.63. The third kappa shape index (κ3) is 3.29. The van der Waals surface area contributed by atoms with Crippen molar-refractivity contribution in [3.05, 3.63) is 12.4 Å². The smallest absolute Gasteiger partial charge is 0.399 e. The second-order valence-corrected chi connectivity index (χ2v) is 7.05. The SMILES string of the molecule is CC1(C)OB(c2cnn(CC(=O)N3CCOCC3)c2)OC1(C)C. The van der Waals surface area contributed by atoms with Crippen LogP contribution in [0.5, 0.6) is 0 Å². The van der Waals surface area contributed by atoms with Gasteiger partial charge in [0.05, 0.1) is 24.4 Å². The molecule has 23 heavy (non-hydrogen) atoms. The summed E-state index contributed by atoms with van der Waals surface area (Å²) < 4.78 is 18.9. The Morgan fingerprint density at radius 2 is 1.83 bits per heavy atom. The Hall–Kier alpha value is -1.38. The monoisotopic (exact) mass is 321 g/mol. The van der Waals surface area contributed by atoms with Crippen molar-refractivity contribution < 1.29 is 18.8 Å². The third-order valence-electron chi connectivity index (χ3n) is 4.84. The fourth-order valence-electron chi connectivity index (χ4n) is 2.62. The van der Waals surface area contributed by atoms with Gasteiger partial charge in [0.25, 0.3) is 0 Å². The largest absolute Gasteiger partial charge is 0.498 e. The number of rotatable bonds is 3. The zero-order valence-electron chi connectivity index (χ0n) is 14.2. The Morgan fingerprint density at radius 3 is 2.43 bits per heavy atom. The van der Waals surface area contributed by atoms with Crippen LogP contribution < -0.4 is 5.46 Å². The second kappa shape index (κ2) is 5.92. The van der Waals surface area contributed by atoms with E-state index in [-0.39, 0.29) is 23.7 Å². The zero-order chi connectivity index (χ0) is 16.7. The van der Waals surface area contributed by atoms with E-state index in [1.54, 1.807) is 15.8 Å². The molecule has 0 unspecified atom stereocenters. The molecule has 0 aromatic carbocycles. The number of carbonyl (C=O) groups is 1. The molecule has 2 fully saturated rings. The van der Waals surface area contributed by atoms with Gasteiger partial charge in [-0.15, -0.1) is 0 Å². The van der Waals surface area contributed by atoms with Crippen molar-refractivity contribution in [3.8, 4) is 0 Å². The minimum Gasteiger partial charge on any atom is -0.399 e. The van der Waals surface area contributed by atoms with E-state index in [9.17, 15) is 4.79 Å². The third-order valence-corrected chi connectivity index (χ3v) is 4.84. The average molecular weight is 321 g/mol. The first-order chi connectivity index (χ1) is 10.8. The molecule has 0 N–H and O–H groups in total. The van der Waals surface area contributed by atoms with E-state index in [1.165, 1.54) is 0 Å². The second-order valence-electron chi connectivity index (χ2n) is 7.05. The summed E-state index contributed by atoms with van der Waals surface area (Å²) in [5.41, 5.74) is 0.0608. The van der Waals surface area contributed by atoms with E-state index in [0.717, 1.165) is 5.46 Å².